The van der Waals surface area contributed by atoms with Crippen LogP contribution >= 0.6 is 0 Å². The van der Waals surface area contributed by atoms with Gasteiger partial charge in [0, 0.05) is 31.2 Å². The van der Waals surface area contributed by atoms with Crippen LogP contribution in [-0.2, 0) is 14.8 Å². The van der Waals surface area contributed by atoms with Gasteiger partial charge in [-0.25, -0.2) is 13.1 Å². The maximum absolute atomic E-state index is 10.9. The molecule has 0 amide bonds. The highest BCUT2D eigenvalue weighted by atomic mass is 32.2. The van der Waals surface area contributed by atoms with Gasteiger partial charge in [0.1, 0.15) is 0 Å². The van der Waals surface area contributed by atoms with Crippen molar-refractivity contribution in [2.75, 3.05) is 26.0 Å². The first kappa shape index (κ1) is 14.2. The molecular formula is C12H24N2O3S. The Morgan fingerprint density at radius 3 is 2.56 bits per heavy atom. The lowest BCUT2D eigenvalue weighted by molar-refractivity contribution is -0.172. The highest BCUT2D eigenvalue weighted by Gasteiger charge is 2.58. The summed E-state index contributed by atoms with van der Waals surface area (Å²) < 4.78 is 30.1. The van der Waals surface area contributed by atoms with Crippen LogP contribution in [-0.4, -0.2) is 46.5 Å². The zero-order valence-electron chi connectivity index (χ0n) is 11.2. The average Bonchev–Trinajstić information content (AvgIpc) is 2.17. The van der Waals surface area contributed by atoms with Gasteiger partial charge in [-0.2, -0.15) is 0 Å². The van der Waals surface area contributed by atoms with Gasteiger partial charge in [0.25, 0.3) is 0 Å². The second-order valence-corrected chi connectivity index (χ2v) is 7.27. The number of hydrogen-bond donors (Lipinski definition) is 2. The van der Waals surface area contributed by atoms with Crippen molar-refractivity contribution < 1.29 is 13.2 Å². The van der Waals surface area contributed by atoms with E-state index in [9.17, 15) is 8.42 Å². The monoisotopic (exact) mass is 276 g/mol. The standard InChI is InChI=1S/C12H24N2O3S/c1-3-17-11-9-10(12(11)5-4-6-12)13-7-8-14-18(2,15)16/h10-11,13-14H,3-9H2,1-2H3. The third-order valence-electron chi connectivity index (χ3n) is 4.32. The highest BCUT2D eigenvalue weighted by Crippen LogP contribution is 2.57. The van der Waals surface area contributed by atoms with Crippen LogP contribution in [0.15, 0.2) is 0 Å². The lowest BCUT2D eigenvalue weighted by Gasteiger charge is -2.61. The first-order valence-corrected chi connectivity index (χ1v) is 8.67. The van der Waals surface area contributed by atoms with E-state index in [4.69, 9.17) is 4.74 Å². The molecule has 1 spiro atoms. The molecule has 2 N–H and O–H groups in total. The molecule has 2 saturated carbocycles. The molecular weight excluding hydrogens is 252 g/mol. The lowest BCUT2D eigenvalue weighted by atomic mass is 9.51. The van der Waals surface area contributed by atoms with Crippen LogP contribution in [0.3, 0.4) is 0 Å². The molecule has 0 aromatic heterocycles. The van der Waals surface area contributed by atoms with Crippen molar-refractivity contribution in [1.82, 2.24) is 10.0 Å². The molecule has 2 atom stereocenters. The maximum Gasteiger partial charge on any atom is 0.208 e. The molecule has 0 heterocycles. The van der Waals surface area contributed by atoms with Gasteiger partial charge in [-0.3, -0.25) is 0 Å². The molecule has 2 aliphatic carbocycles. The van der Waals surface area contributed by atoms with Gasteiger partial charge in [-0.15, -0.1) is 0 Å². The molecule has 2 fully saturated rings. The van der Waals surface area contributed by atoms with E-state index in [1.807, 2.05) is 6.92 Å². The zero-order chi connectivity index (χ0) is 13.2. The first-order chi connectivity index (χ1) is 8.48. The Morgan fingerprint density at radius 1 is 1.33 bits per heavy atom. The van der Waals surface area contributed by atoms with E-state index in [1.165, 1.54) is 25.5 Å². The van der Waals surface area contributed by atoms with E-state index in [-0.39, 0.29) is 0 Å². The quantitative estimate of drug-likeness (QED) is 0.664. The molecule has 0 aromatic rings. The Balaban J connectivity index is 1.71. The van der Waals surface area contributed by atoms with E-state index in [0.29, 0.717) is 30.7 Å². The first-order valence-electron chi connectivity index (χ1n) is 6.77. The number of rotatable bonds is 7. The van der Waals surface area contributed by atoms with Gasteiger partial charge in [0.15, 0.2) is 0 Å². The van der Waals surface area contributed by atoms with Crippen molar-refractivity contribution in [3.8, 4) is 0 Å². The normalized spacial score (nSPS) is 29.9. The Labute approximate surface area is 110 Å². The van der Waals surface area contributed by atoms with Crippen LogP contribution in [0, 0.1) is 5.41 Å². The van der Waals surface area contributed by atoms with Crippen molar-refractivity contribution in [3.63, 3.8) is 0 Å². The van der Waals surface area contributed by atoms with Crippen LogP contribution in [0.4, 0.5) is 0 Å². The number of hydrogen-bond acceptors (Lipinski definition) is 4. The van der Waals surface area contributed by atoms with Gasteiger partial charge < -0.3 is 10.1 Å². The fraction of sp³-hybridized carbons (Fsp3) is 1.00. The minimum absolute atomic E-state index is 0.348. The van der Waals surface area contributed by atoms with Crippen molar-refractivity contribution in [1.29, 1.82) is 0 Å². The van der Waals surface area contributed by atoms with Crippen LogP contribution in [0.1, 0.15) is 32.6 Å². The summed E-state index contributed by atoms with van der Waals surface area (Å²) in [5, 5.41) is 3.47. The average molecular weight is 276 g/mol. The zero-order valence-corrected chi connectivity index (χ0v) is 12.1. The molecule has 0 aromatic carbocycles. The fourth-order valence-corrected chi connectivity index (χ4v) is 3.68. The second-order valence-electron chi connectivity index (χ2n) is 5.44. The predicted octanol–water partition coefficient (Wildman–Crippen LogP) is 0.473. The fourth-order valence-electron chi connectivity index (χ4n) is 3.21. The van der Waals surface area contributed by atoms with E-state index in [0.717, 1.165) is 13.0 Å². The summed E-state index contributed by atoms with van der Waals surface area (Å²) in [7, 11) is -3.07. The van der Waals surface area contributed by atoms with Gasteiger partial charge in [0.05, 0.1) is 12.4 Å². The highest BCUT2D eigenvalue weighted by molar-refractivity contribution is 7.88. The number of nitrogens with one attached hydrogen (secondary N) is 2. The van der Waals surface area contributed by atoms with Crippen molar-refractivity contribution >= 4 is 10.0 Å². The molecule has 2 aliphatic rings. The number of sulfonamides is 1. The minimum Gasteiger partial charge on any atom is -0.378 e. The summed E-state index contributed by atoms with van der Waals surface area (Å²) in [6.45, 7) is 3.99. The van der Waals surface area contributed by atoms with Gasteiger partial charge in [-0.1, -0.05) is 6.42 Å². The Morgan fingerprint density at radius 2 is 2.06 bits per heavy atom. The van der Waals surface area contributed by atoms with Gasteiger partial charge in [0.2, 0.25) is 10.0 Å². The third kappa shape index (κ3) is 2.87. The van der Waals surface area contributed by atoms with Gasteiger partial charge >= 0.3 is 0 Å². The summed E-state index contributed by atoms with van der Waals surface area (Å²) in [4.78, 5) is 0. The minimum atomic E-state index is -3.07. The lowest BCUT2D eigenvalue weighted by Crippen LogP contribution is -2.67. The molecule has 0 bridgehead atoms. The third-order valence-corrected chi connectivity index (χ3v) is 5.05. The number of ether oxygens (including phenoxy) is 1. The molecule has 6 heteroatoms. The van der Waals surface area contributed by atoms with E-state index < -0.39 is 10.0 Å². The predicted molar refractivity (Wildman–Crippen MR) is 71.0 cm³/mol. The molecule has 0 radical (unpaired) electrons. The summed E-state index contributed by atoms with van der Waals surface area (Å²) in [5.41, 5.74) is 0.348. The Bertz CT molecular complexity index is 379. The summed E-state index contributed by atoms with van der Waals surface area (Å²) in [6.07, 6.45) is 6.45. The van der Waals surface area contributed by atoms with Crippen molar-refractivity contribution in [2.24, 2.45) is 5.41 Å². The van der Waals surface area contributed by atoms with Gasteiger partial charge in [-0.05, 0) is 26.2 Å². The Hall–Kier alpha value is -0.170. The van der Waals surface area contributed by atoms with Crippen LogP contribution in [0.5, 0.6) is 0 Å². The molecule has 0 aliphatic heterocycles. The summed E-state index contributed by atoms with van der Waals surface area (Å²) in [5.74, 6) is 0. The smallest absolute Gasteiger partial charge is 0.208 e. The van der Waals surface area contributed by atoms with Crippen molar-refractivity contribution in [2.45, 2.75) is 44.8 Å². The van der Waals surface area contributed by atoms with E-state index >= 15 is 0 Å². The second kappa shape index (κ2) is 5.45. The van der Waals surface area contributed by atoms with E-state index in [1.54, 1.807) is 0 Å². The van der Waals surface area contributed by atoms with E-state index in [2.05, 4.69) is 10.0 Å². The largest absolute Gasteiger partial charge is 0.378 e. The maximum atomic E-state index is 10.9. The van der Waals surface area contributed by atoms with Crippen molar-refractivity contribution in [3.05, 3.63) is 0 Å². The SMILES string of the molecule is CCOC1CC(NCCNS(C)(=O)=O)C12CCC2. The summed E-state index contributed by atoms with van der Waals surface area (Å²) >= 11 is 0. The molecule has 18 heavy (non-hydrogen) atoms. The van der Waals surface area contributed by atoms with Crippen LogP contribution in [0.25, 0.3) is 0 Å². The molecule has 5 nitrogen and oxygen atoms in total. The summed E-state index contributed by atoms with van der Waals surface area (Å²) in [6, 6.07) is 0.504. The van der Waals surface area contributed by atoms with Crippen LogP contribution in [0.2, 0.25) is 0 Å². The molecule has 106 valence electrons. The Kier molecular flexibility index (Phi) is 4.31. The molecule has 2 unspecified atom stereocenters. The molecule has 2 rings (SSSR count). The molecule has 0 saturated heterocycles. The van der Waals surface area contributed by atoms with Crippen LogP contribution < -0.4 is 10.0 Å². The topological polar surface area (TPSA) is 67.4 Å².